The zero-order valence-corrected chi connectivity index (χ0v) is 14.8. The zero-order chi connectivity index (χ0) is 18.5. The van der Waals surface area contributed by atoms with Crippen molar-refractivity contribution in [3.05, 3.63) is 65.2 Å². The van der Waals surface area contributed by atoms with Gasteiger partial charge in [0.25, 0.3) is 5.91 Å². The van der Waals surface area contributed by atoms with Gasteiger partial charge in [-0.15, -0.1) is 0 Å². The van der Waals surface area contributed by atoms with Gasteiger partial charge in [0.1, 0.15) is 18.1 Å². The fourth-order valence-corrected chi connectivity index (χ4v) is 2.37. The Labute approximate surface area is 150 Å². The summed E-state index contributed by atoms with van der Waals surface area (Å²) in [5.74, 6) is 1.55. The lowest BCUT2D eigenvalue weighted by molar-refractivity contribution is 0.102. The fourth-order valence-electron chi connectivity index (χ4n) is 2.37. The number of nitrogens with zero attached hydrogens (tertiary/aromatic N) is 2. The summed E-state index contributed by atoms with van der Waals surface area (Å²) in [6, 6.07) is 10.4. The Balaban J connectivity index is 1.66. The lowest BCUT2D eigenvalue weighted by atomic mass is 10.2. The molecule has 0 aliphatic rings. The van der Waals surface area contributed by atoms with E-state index in [2.05, 4.69) is 15.5 Å². The number of hydrogen-bond acceptors (Lipinski definition) is 6. The van der Waals surface area contributed by atoms with Gasteiger partial charge in [-0.25, -0.2) is 4.98 Å². The van der Waals surface area contributed by atoms with Crippen LogP contribution in [0, 0.1) is 13.8 Å². The Hall–Kier alpha value is -3.35. The summed E-state index contributed by atoms with van der Waals surface area (Å²) in [4.78, 5) is 16.5. The molecule has 0 fully saturated rings. The summed E-state index contributed by atoms with van der Waals surface area (Å²) < 4.78 is 15.9. The summed E-state index contributed by atoms with van der Waals surface area (Å²) in [6.45, 7) is 4.03. The molecule has 1 N–H and O–H groups in total. The summed E-state index contributed by atoms with van der Waals surface area (Å²) in [7, 11) is 1.54. The average Bonchev–Trinajstić information content (AvgIpc) is 2.98. The molecule has 0 aliphatic carbocycles. The number of hydrogen-bond donors (Lipinski definition) is 1. The summed E-state index contributed by atoms with van der Waals surface area (Å²) in [5.41, 5.74) is 2.77. The Morgan fingerprint density at radius 1 is 1.23 bits per heavy atom. The van der Waals surface area contributed by atoms with Crippen molar-refractivity contribution in [3.8, 4) is 11.6 Å². The van der Waals surface area contributed by atoms with E-state index in [9.17, 15) is 4.79 Å². The Kier molecular flexibility index (Phi) is 5.17. The van der Waals surface area contributed by atoms with Crippen molar-refractivity contribution < 1.29 is 18.8 Å². The molecule has 2 aromatic heterocycles. The van der Waals surface area contributed by atoms with Crippen LogP contribution in [0.1, 0.15) is 27.4 Å². The van der Waals surface area contributed by atoms with Crippen LogP contribution in [-0.2, 0) is 6.61 Å². The first-order valence-electron chi connectivity index (χ1n) is 8.03. The van der Waals surface area contributed by atoms with Crippen molar-refractivity contribution in [3.63, 3.8) is 0 Å². The van der Waals surface area contributed by atoms with Gasteiger partial charge in [-0.1, -0.05) is 11.2 Å². The van der Waals surface area contributed by atoms with E-state index in [1.54, 1.807) is 36.4 Å². The molecule has 1 aromatic carbocycles. The molecule has 0 radical (unpaired) electrons. The lowest BCUT2D eigenvalue weighted by Crippen LogP contribution is -2.12. The van der Waals surface area contributed by atoms with Crippen molar-refractivity contribution >= 4 is 11.6 Å². The number of amides is 1. The van der Waals surface area contributed by atoms with Crippen molar-refractivity contribution in [1.82, 2.24) is 10.1 Å². The highest BCUT2D eigenvalue weighted by molar-refractivity contribution is 6.04. The van der Waals surface area contributed by atoms with Gasteiger partial charge in [-0.05, 0) is 38.1 Å². The number of benzene rings is 1. The molecule has 7 nitrogen and oxygen atoms in total. The van der Waals surface area contributed by atoms with Crippen LogP contribution in [-0.4, -0.2) is 23.2 Å². The molecule has 3 aromatic rings. The molecule has 0 unspecified atom stereocenters. The Morgan fingerprint density at radius 3 is 2.73 bits per heavy atom. The molecule has 134 valence electrons. The number of carbonyl (C=O) groups is 1. The largest absolute Gasteiger partial charge is 0.489 e. The third-order valence-corrected chi connectivity index (χ3v) is 3.86. The maximum atomic E-state index is 12.4. The summed E-state index contributed by atoms with van der Waals surface area (Å²) in [6.07, 6.45) is 1.54. The van der Waals surface area contributed by atoms with E-state index in [0.29, 0.717) is 29.5 Å². The number of rotatable bonds is 6. The van der Waals surface area contributed by atoms with Gasteiger partial charge < -0.3 is 19.3 Å². The van der Waals surface area contributed by atoms with Gasteiger partial charge in [0.2, 0.25) is 5.88 Å². The smallest absolute Gasteiger partial charge is 0.255 e. The van der Waals surface area contributed by atoms with Crippen LogP contribution in [0.4, 0.5) is 5.69 Å². The Morgan fingerprint density at radius 2 is 2.08 bits per heavy atom. The SMILES string of the molecule is COc1ccc(NC(=O)c2cccc(OCc3c(C)noc3C)c2)cn1. The molecule has 1 amide bonds. The van der Waals surface area contributed by atoms with Crippen LogP contribution in [0.2, 0.25) is 0 Å². The maximum absolute atomic E-state index is 12.4. The van der Waals surface area contributed by atoms with E-state index in [0.717, 1.165) is 17.0 Å². The first-order valence-corrected chi connectivity index (χ1v) is 8.03. The predicted molar refractivity (Wildman–Crippen MR) is 95.5 cm³/mol. The van der Waals surface area contributed by atoms with Crippen LogP contribution in [0.15, 0.2) is 47.1 Å². The van der Waals surface area contributed by atoms with Crippen molar-refractivity contribution in [1.29, 1.82) is 0 Å². The normalized spacial score (nSPS) is 10.4. The molecule has 0 spiro atoms. The number of aromatic nitrogens is 2. The quantitative estimate of drug-likeness (QED) is 0.729. The minimum atomic E-state index is -0.250. The highest BCUT2D eigenvalue weighted by atomic mass is 16.5. The van der Waals surface area contributed by atoms with Crippen LogP contribution in [0.5, 0.6) is 11.6 Å². The van der Waals surface area contributed by atoms with E-state index < -0.39 is 0 Å². The first kappa shape index (κ1) is 17.5. The van der Waals surface area contributed by atoms with Crippen LogP contribution < -0.4 is 14.8 Å². The molecule has 0 aliphatic heterocycles. The number of aryl methyl sites for hydroxylation is 2. The van der Waals surface area contributed by atoms with Crippen molar-refractivity contribution in [2.75, 3.05) is 12.4 Å². The second kappa shape index (κ2) is 7.69. The highest BCUT2D eigenvalue weighted by Crippen LogP contribution is 2.19. The molecular weight excluding hydrogens is 334 g/mol. The molecule has 2 heterocycles. The standard InChI is InChI=1S/C19H19N3O4/c1-12-17(13(2)26-22-12)11-25-16-6-4-5-14(9-16)19(23)21-15-7-8-18(24-3)20-10-15/h4-10H,11H2,1-3H3,(H,21,23). The zero-order valence-electron chi connectivity index (χ0n) is 14.8. The minimum Gasteiger partial charge on any atom is -0.489 e. The van der Waals surface area contributed by atoms with E-state index in [-0.39, 0.29) is 5.91 Å². The topological polar surface area (TPSA) is 86.5 Å². The summed E-state index contributed by atoms with van der Waals surface area (Å²) >= 11 is 0. The molecule has 0 atom stereocenters. The second-order valence-electron chi connectivity index (χ2n) is 5.66. The van der Waals surface area contributed by atoms with Crippen LogP contribution in [0.3, 0.4) is 0 Å². The van der Waals surface area contributed by atoms with E-state index in [1.807, 2.05) is 13.8 Å². The van der Waals surface area contributed by atoms with E-state index in [4.69, 9.17) is 14.0 Å². The predicted octanol–water partition coefficient (Wildman–Crippen LogP) is 3.53. The van der Waals surface area contributed by atoms with Crippen LogP contribution >= 0.6 is 0 Å². The number of nitrogens with one attached hydrogen (secondary N) is 1. The monoisotopic (exact) mass is 353 g/mol. The van der Waals surface area contributed by atoms with E-state index in [1.165, 1.54) is 13.3 Å². The van der Waals surface area contributed by atoms with Gasteiger partial charge >= 0.3 is 0 Å². The second-order valence-corrected chi connectivity index (χ2v) is 5.66. The lowest BCUT2D eigenvalue weighted by Gasteiger charge is -2.09. The third kappa shape index (κ3) is 4.00. The van der Waals surface area contributed by atoms with Gasteiger partial charge in [0.15, 0.2) is 0 Å². The van der Waals surface area contributed by atoms with Gasteiger partial charge in [-0.2, -0.15) is 0 Å². The maximum Gasteiger partial charge on any atom is 0.255 e. The third-order valence-electron chi connectivity index (χ3n) is 3.86. The number of anilines is 1. The molecule has 26 heavy (non-hydrogen) atoms. The number of carbonyl (C=O) groups excluding carboxylic acids is 1. The molecule has 7 heteroatoms. The highest BCUT2D eigenvalue weighted by Gasteiger charge is 2.11. The first-order chi connectivity index (χ1) is 12.6. The van der Waals surface area contributed by atoms with E-state index >= 15 is 0 Å². The van der Waals surface area contributed by atoms with Crippen LogP contribution in [0.25, 0.3) is 0 Å². The molecule has 0 saturated heterocycles. The molecule has 0 saturated carbocycles. The van der Waals surface area contributed by atoms with Gasteiger partial charge in [0.05, 0.1) is 30.3 Å². The number of methoxy groups -OCH3 is 1. The molecule has 0 bridgehead atoms. The molecule has 3 rings (SSSR count). The van der Waals surface area contributed by atoms with Crippen molar-refractivity contribution in [2.24, 2.45) is 0 Å². The fraction of sp³-hybridized carbons (Fsp3) is 0.211. The average molecular weight is 353 g/mol. The van der Waals surface area contributed by atoms with Gasteiger partial charge in [-0.3, -0.25) is 4.79 Å². The minimum absolute atomic E-state index is 0.250. The summed E-state index contributed by atoms with van der Waals surface area (Å²) in [5, 5.41) is 6.69. The Bertz CT molecular complexity index is 884. The van der Waals surface area contributed by atoms with Crippen molar-refractivity contribution in [2.45, 2.75) is 20.5 Å². The van der Waals surface area contributed by atoms with Gasteiger partial charge in [0, 0.05) is 11.6 Å². The number of pyridine rings is 1. The molecular formula is C19H19N3O4. The number of ether oxygens (including phenoxy) is 2.